The van der Waals surface area contributed by atoms with E-state index in [0.717, 1.165) is 51.9 Å². The number of nitrogens with one attached hydrogen (secondary N) is 2. The average Bonchev–Trinajstić information content (AvgIpc) is 2.47. The van der Waals surface area contributed by atoms with Gasteiger partial charge in [-0.15, -0.1) is 0 Å². The van der Waals surface area contributed by atoms with Crippen LogP contribution in [0.25, 0.3) is 0 Å². The molecule has 0 aromatic rings. The van der Waals surface area contributed by atoms with Crippen molar-refractivity contribution in [3.63, 3.8) is 0 Å². The molecule has 0 rings (SSSR count). The maximum atomic E-state index is 8.56. The van der Waals surface area contributed by atoms with Gasteiger partial charge in [0, 0.05) is 26.4 Å². The summed E-state index contributed by atoms with van der Waals surface area (Å²) in [6, 6.07) is 0. The van der Waals surface area contributed by atoms with Crippen LogP contribution < -0.4 is 10.6 Å². The highest BCUT2D eigenvalue weighted by Crippen LogP contribution is 1.75. The minimum absolute atomic E-state index is 0.242. The number of rotatable bonds is 12. The Morgan fingerprint density at radius 2 is 0.773 bits per heavy atom. The van der Waals surface area contributed by atoms with Crippen molar-refractivity contribution in [2.75, 3.05) is 52.6 Å². The second kappa shape index (κ2) is 28.2. The summed E-state index contributed by atoms with van der Waals surface area (Å²) in [6.45, 7) is 4.34. The Labute approximate surface area is 131 Å². The van der Waals surface area contributed by atoms with Crippen molar-refractivity contribution in [3.05, 3.63) is 0 Å². The molecule has 0 saturated carbocycles. The van der Waals surface area contributed by atoms with Crippen LogP contribution in [0.2, 0.25) is 0 Å². The van der Waals surface area contributed by atoms with Crippen LogP contribution >= 0.6 is 0 Å². The Hall–Kier alpha value is -0.970. The second-order valence-corrected chi connectivity index (χ2v) is 4.09. The van der Waals surface area contributed by atoms with Crippen molar-refractivity contribution in [1.29, 1.82) is 0 Å². The van der Waals surface area contributed by atoms with E-state index < -0.39 is 6.16 Å². The van der Waals surface area contributed by atoms with Gasteiger partial charge in [-0.25, -0.2) is 4.79 Å². The van der Waals surface area contributed by atoms with Gasteiger partial charge in [0.1, 0.15) is 0 Å². The largest absolute Gasteiger partial charge is 0.503 e. The molecule has 22 heavy (non-hydrogen) atoms. The van der Waals surface area contributed by atoms with Crippen LogP contribution in [0.5, 0.6) is 0 Å². The predicted octanol–water partition coefficient (Wildman–Crippen LogP) is -1.10. The molecule has 8 N–H and O–H groups in total. The molecule has 0 heterocycles. The smallest absolute Gasteiger partial charge is 0.450 e. The lowest BCUT2D eigenvalue weighted by atomic mass is 10.4. The molecule has 0 aliphatic carbocycles. The van der Waals surface area contributed by atoms with E-state index in [2.05, 4.69) is 10.6 Å². The van der Waals surface area contributed by atoms with Gasteiger partial charge in [-0.2, -0.15) is 0 Å². The molecule has 0 atom stereocenters. The third-order valence-corrected chi connectivity index (χ3v) is 2.05. The fourth-order valence-corrected chi connectivity index (χ4v) is 1.07. The van der Waals surface area contributed by atoms with Gasteiger partial charge in [0.05, 0.1) is 0 Å². The molecule has 0 bridgehead atoms. The Balaban J connectivity index is -0.000000266. The molecule has 0 saturated heterocycles. The summed E-state index contributed by atoms with van der Waals surface area (Å²) in [4.78, 5) is 8.56. The lowest BCUT2D eigenvalue weighted by Crippen LogP contribution is -2.18. The van der Waals surface area contributed by atoms with Crippen LogP contribution in [0.1, 0.15) is 25.7 Å². The van der Waals surface area contributed by atoms with E-state index in [0.29, 0.717) is 0 Å². The first-order chi connectivity index (χ1) is 10.6. The molecule has 0 spiro atoms. The summed E-state index contributed by atoms with van der Waals surface area (Å²) in [6.07, 6.45) is 1.35. The van der Waals surface area contributed by atoms with Crippen molar-refractivity contribution in [2.45, 2.75) is 25.7 Å². The van der Waals surface area contributed by atoms with Gasteiger partial charge < -0.3 is 41.3 Å². The maximum absolute atomic E-state index is 8.56. The van der Waals surface area contributed by atoms with Crippen molar-refractivity contribution in [3.8, 4) is 0 Å². The topological polar surface area (TPSA) is 163 Å². The predicted molar refractivity (Wildman–Crippen MR) is 83.2 cm³/mol. The van der Waals surface area contributed by atoms with Gasteiger partial charge >= 0.3 is 6.16 Å². The maximum Gasteiger partial charge on any atom is 0.503 e. The van der Waals surface area contributed by atoms with Crippen molar-refractivity contribution in [1.82, 2.24) is 10.6 Å². The number of carbonyl (C=O) groups is 1. The Morgan fingerprint density at radius 1 is 0.591 bits per heavy atom. The minimum atomic E-state index is -1.83. The van der Waals surface area contributed by atoms with Crippen LogP contribution in [-0.2, 0) is 0 Å². The lowest BCUT2D eigenvalue weighted by Gasteiger charge is -1.99. The average molecular weight is 328 g/mol. The van der Waals surface area contributed by atoms with Gasteiger partial charge in [0.2, 0.25) is 0 Å². The van der Waals surface area contributed by atoms with Crippen LogP contribution in [-0.4, -0.2) is 89.4 Å². The minimum Gasteiger partial charge on any atom is -0.450 e. The third kappa shape index (κ3) is 50.8. The fourth-order valence-electron chi connectivity index (χ4n) is 1.07. The van der Waals surface area contributed by atoms with Crippen LogP contribution in [0.4, 0.5) is 4.79 Å². The van der Waals surface area contributed by atoms with E-state index in [-0.39, 0.29) is 26.4 Å². The highest BCUT2D eigenvalue weighted by molar-refractivity contribution is 5.53. The molecule has 136 valence electrons. The monoisotopic (exact) mass is 328 g/mol. The van der Waals surface area contributed by atoms with Gasteiger partial charge in [-0.05, 0) is 51.9 Å². The van der Waals surface area contributed by atoms with Gasteiger partial charge in [0.25, 0.3) is 0 Å². The molecule has 9 nitrogen and oxygen atoms in total. The van der Waals surface area contributed by atoms with Crippen molar-refractivity contribution >= 4 is 6.16 Å². The Kier molecular flexibility index (Phi) is 33.3. The van der Waals surface area contributed by atoms with Crippen LogP contribution in [0.15, 0.2) is 0 Å². The molecule has 0 radical (unpaired) electrons. The number of aliphatic hydroxyl groups excluding tert-OH is 4. The lowest BCUT2D eigenvalue weighted by molar-refractivity contribution is 0.137. The zero-order valence-electron chi connectivity index (χ0n) is 13.1. The van der Waals surface area contributed by atoms with Gasteiger partial charge in [0.15, 0.2) is 0 Å². The van der Waals surface area contributed by atoms with Gasteiger partial charge in [-0.3, -0.25) is 0 Å². The van der Waals surface area contributed by atoms with Crippen molar-refractivity contribution in [2.24, 2.45) is 0 Å². The van der Waals surface area contributed by atoms with E-state index in [4.69, 9.17) is 35.4 Å². The highest BCUT2D eigenvalue weighted by Gasteiger charge is 1.85. The zero-order valence-corrected chi connectivity index (χ0v) is 13.1. The Bertz CT molecular complexity index is 167. The normalized spacial score (nSPS) is 9.27. The summed E-state index contributed by atoms with van der Waals surface area (Å²) in [7, 11) is 0. The van der Waals surface area contributed by atoms with E-state index in [9.17, 15) is 0 Å². The molecule has 0 amide bonds. The molecule has 0 fully saturated rings. The third-order valence-electron chi connectivity index (χ3n) is 2.05. The number of aliphatic hydroxyl groups is 4. The molecular formula is C13H32N2O7. The first-order valence-electron chi connectivity index (χ1n) is 7.33. The zero-order chi connectivity index (χ0) is 17.5. The molecule has 0 aliphatic rings. The Morgan fingerprint density at radius 3 is 0.909 bits per heavy atom. The van der Waals surface area contributed by atoms with E-state index in [1.165, 1.54) is 0 Å². The number of hydrogen-bond donors (Lipinski definition) is 8. The standard InChI is InChI=1S/2C6H15NO2.CH2O3/c2*8-5-1-3-7-4-2-6-9;2-1(3)4/h2*7-9H,1-6H2;(H2,2,3,4). The fraction of sp³-hybridized carbons (Fsp3) is 0.923. The molecular weight excluding hydrogens is 296 g/mol. The summed E-state index contributed by atoms with van der Waals surface area (Å²) in [5.74, 6) is 0. The second-order valence-electron chi connectivity index (χ2n) is 4.09. The summed E-state index contributed by atoms with van der Waals surface area (Å²) in [5, 5.41) is 53.4. The molecule has 0 aromatic heterocycles. The molecule has 0 aromatic carbocycles. The number of carboxylic acid groups (broad SMARTS) is 2. The summed E-state index contributed by atoms with van der Waals surface area (Å²) < 4.78 is 0. The number of hydrogen-bond acceptors (Lipinski definition) is 7. The summed E-state index contributed by atoms with van der Waals surface area (Å²) >= 11 is 0. The quantitative estimate of drug-likeness (QED) is 0.208. The van der Waals surface area contributed by atoms with E-state index in [1.807, 2.05) is 0 Å². The van der Waals surface area contributed by atoms with Crippen LogP contribution in [0.3, 0.4) is 0 Å². The molecule has 0 aliphatic heterocycles. The first kappa shape index (κ1) is 26.0. The van der Waals surface area contributed by atoms with Gasteiger partial charge in [-0.1, -0.05) is 0 Å². The van der Waals surface area contributed by atoms with E-state index in [1.54, 1.807) is 0 Å². The molecule has 0 unspecified atom stereocenters. The highest BCUT2D eigenvalue weighted by atomic mass is 16.6. The molecule has 9 heteroatoms. The van der Waals surface area contributed by atoms with Crippen molar-refractivity contribution < 1.29 is 35.4 Å². The SMILES string of the molecule is O=C(O)O.OCCCNCCCO.OCCCNCCCO. The first-order valence-corrected chi connectivity index (χ1v) is 7.33. The van der Waals surface area contributed by atoms with Crippen LogP contribution in [0, 0.1) is 0 Å². The summed E-state index contributed by atoms with van der Waals surface area (Å²) in [5.41, 5.74) is 0. The van der Waals surface area contributed by atoms with E-state index >= 15 is 0 Å².